The molecular formula is C13H14F3NO2S. The summed E-state index contributed by atoms with van der Waals surface area (Å²) < 4.78 is 37.0. The van der Waals surface area contributed by atoms with E-state index in [0.29, 0.717) is 31.6 Å². The van der Waals surface area contributed by atoms with Gasteiger partial charge in [0.05, 0.1) is 5.92 Å². The molecule has 20 heavy (non-hydrogen) atoms. The molecule has 0 unspecified atom stereocenters. The highest BCUT2D eigenvalue weighted by atomic mass is 32.2. The summed E-state index contributed by atoms with van der Waals surface area (Å²) in [7, 11) is 0. The molecule has 0 amide bonds. The first-order chi connectivity index (χ1) is 9.35. The van der Waals surface area contributed by atoms with Gasteiger partial charge >= 0.3 is 11.5 Å². The average Bonchev–Trinajstić information content (AvgIpc) is 2.37. The topological polar surface area (TPSA) is 40.5 Å². The Labute approximate surface area is 118 Å². The molecule has 7 heteroatoms. The van der Waals surface area contributed by atoms with Crippen molar-refractivity contribution in [3.8, 4) is 0 Å². The number of halogens is 3. The van der Waals surface area contributed by atoms with E-state index in [4.69, 9.17) is 5.11 Å². The Hall–Kier alpha value is -1.37. The normalized spacial score (nSPS) is 17.2. The van der Waals surface area contributed by atoms with Crippen LogP contribution in [0.3, 0.4) is 0 Å². The molecule has 1 N–H and O–H groups in total. The smallest absolute Gasteiger partial charge is 0.446 e. The lowest BCUT2D eigenvalue weighted by atomic mass is 9.97. The van der Waals surface area contributed by atoms with Gasteiger partial charge in [-0.2, -0.15) is 13.2 Å². The zero-order valence-corrected chi connectivity index (χ0v) is 11.4. The van der Waals surface area contributed by atoms with Crippen molar-refractivity contribution in [2.24, 2.45) is 5.92 Å². The summed E-state index contributed by atoms with van der Waals surface area (Å²) in [5, 5.41) is 8.92. The van der Waals surface area contributed by atoms with E-state index in [2.05, 4.69) is 0 Å². The third kappa shape index (κ3) is 4.06. The number of thioether (sulfide) groups is 1. The quantitative estimate of drug-likeness (QED) is 0.866. The summed E-state index contributed by atoms with van der Waals surface area (Å²) in [4.78, 5) is 12.9. The lowest BCUT2D eigenvalue weighted by Crippen LogP contribution is -2.36. The van der Waals surface area contributed by atoms with Gasteiger partial charge in [-0.25, -0.2) is 0 Å². The van der Waals surface area contributed by atoms with Crippen LogP contribution in [0.4, 0.5) is 18.9 Å². The molecule has 110 valence electrons. The maximum Gasteiger partial charge on any atom is 0.446 e. The molecule has 0 radical (unpaired) electrons. The Morgan fingerprint density at radius 1 is 1.30 bits per heavy atom. The van der Waals surface area contributed by atoms with E-state index < -0.39 is 11.5 Å². The fraction of sp³-hybridized carbons (Fsp3) is 0.462. The van der Waals surface area contributed by atoms with Crippen LogP contribution in [0.2, 0.25) is 0 Å². The minimum absolute atomic E-state index is 0.136. The first-order valence-corrected chi connectivity index (χ1v) is 7.00. The number of benzene rings is 1. The average molecular weight is 305 g/mol. The van der Waals surface area contributed by atoms with Gasteiger partial charge in [0.15, 0.2) is 0 Å². The van der Waals surface area contributed by atoms with Gasteiger partial charge in [-0.3, -0.25) is 4.79 Å². The maximum atomic E-state index is 12.3. The molecule has 3 nitrogen and oxygen atoms in total. The SMILES string of the molecule is O=C(O)C1CCN(c2cccc(SC(F)(F)F)c2)CC1. The molecule has 1 aromatic rings. The first kappa shape index (κ1) is 15.0. The summed E-state index contributed by atoms with van der Waals surface area (Å²) in [5.41, 5.74) is -3.59. The second-order valence-corrected chi connectivity index (χ2v) is 5.78. The lowest BCUT2D eigenvalue weighted by Gasteiger charge is -2.32. The highest BCUT2D eigenvalue weighted by molar-refractivity contribution is 8.00. The minimum Gasteiger partial charge on any atom is -0.481 e. The van der Waals surface area contributed by atoms with Crippen LogP contribution in [0.1, 0.15) is 12.8 Å². The number of alkyl halides is 3. The predicted octanol–water partition coefficient (Wildman–Crippen LogP) is 3.60. The number of nitrogens with zero attached hydrogens (tertiary/aromatic N) is 1. The zero-order chi connectivity index (χ0) is 14.8. The molecule has 2 rings (SSSR count). The minimum atomic E-state index is -4.30. The molecule has 1 saturated heterocycles. The van der Waals surface area contributed by atoms with Crippen molar-refractivity contribution in [2.75, 3.05) is 18.0 Å². The van der Waals surface area contributed by atoms with Crippen LogP contribution >= 0.6 is 11.8 Å². The van der Waals surface area contributed by atoms with Crippen LogP contribution in [0, 0.1) is 5.92 Å². The standard InChI is InChI=1S/C13H14F3NO2S/c14-13(15,16)20-11-3-1-2-10(8-11)17-6-4-9(5-7-17)12(18)19/h1-3,8-9H,4-7H2,(H,18,19). The molecule has 1 fully saturated rings. The first-order valence-electron chi connectivity index (χ1n) is 6.19. The highest BCUT2D eigenvalue weighted by Crippen LogP contribution is 2.38. The number of hydrogen-bond acceptors (Lipinski definition) is 3. The number of aliphatic carboxylic acids is 1. The molecule has 0 spiro atoms. The number of carboxylic acid groups (broad SMARTS) is 1. The predicted molar refractivity (Wildman–Crippen MR) is 70.9 cm³/mol. The van der Waals surface area contributed by atoms with E-state index in [9.17, 15) is 18.0 Å². The molecule has 1 heterocycles. The molecule has 1 aliphatic heterocycles. The van der Waals surface area contributed by atoms with Crippen molar-refractivity contribution in [1.82, 2.24) is 0 Å². The van der Waals surface area contributed by atoms with E-state index in [1.165, 1.54) is 12.1 Å². The van der Waals surface area contributed by atoms with Gasteiger partial charge in [-0.1, -0.05) is 6.07 Å². The second kappa shape index (κ2) is 5.95. The fourth-order valence-corrected chi connectivity index (χ4v) is 2.86. The summed E-state index contributed by atoms with van der Waals surface area (Å²) in [6.07, 6.45) is 1.04. The van der Waals surface area contributed by atoms with Gasteiger partial charge in [0, 0.05) is 23.7 Å². The van der Waals surface area contributed by atoms with Crippen molar-refractivity contribution < 1.29 is 23.1 Å². The maximum absolute atomic E-state index is 12.3. The van der Waals surface area contributed by atoms with Crippen molar-refractivity contribution in [3.05, 3.63) is 24.3 Å². The lowest BCUT2D eigenvalue weighted by molar-refractivity contribution is -0.142. The monoisotopic (exact) mass is 305 g/mol. The van der Waals surface area contributed by atoms with Gasteiger partial charge in [0.2, 0.25) is 0 Å². The summed E-state index contributed by atoms with van der Waals surface area (Å²) in [6, 6.07) is 6.26. The van der Waals surface area contributed by atoms with E-state index in [-0.39, 0.29) is 22.6 Å². The van der Waals surface area contributed by atoms with E-state index in [0.717, 1.165) is 0 Å². The van der Waals surface area contributed by atoms with E-state index in [1.807, 2.05) is 4.90 Å². The number of piperidine rings is 1. The summed E-state index contributed by atoms with van der Waals surface area (Å²) in [6.45, 7) is 1.11. The van der Waals surface area contributed by atoms with Crippen molar-refractivity contribution >= 4 is 23.4 Å². The van der Waals surface area contributed by atoms with Crippen molar-refractivity contribution in [3.63, 3.8) is 0 Å². The van der Waals surface area contributed by atoms with Crippen LogP contribution in [-0.2, 0) is 4.79 Å². The Morgan fingerprint density at radius 2 is 1.95 bits per heavy atom. The Balaban J connectivity index is 2.03. The van der Waals surface area contributed by atoms with E-state index in [1.54, 1.807) is 12.1 Å². The van der Waals surface area contributed by atoms with Gasteiger partial charge < -0.3 is 10.0 Å². The molecule has 1 aromatic carbocycles. The third-order valence-corrected chi connectivity index (χ3v) is 3.98. The zero-order valence-electron chi connectivity index (χ0n) is 10.6. The largest absolute Gasteiger partial charge is 0.481 e. The molecule has 0 aromatic heterocycles. The molecular weight excluding hydrogens is 291 g/mol. The van der Waals surface area contributed by atoms with Crippen LogP contribution in [0.5, 0.6) is 0 Å². The van der Waals surface area contributed by atoms with Crippen LogP contribution in [0.15, 0.2) is 29.2 Å². The molecule has 0 aliphatic carbocycles. The molecule has 0 saturated carbocycles. The third-order valence-electron chi connectivity index (χ3n) is 3.26. The van der Waals surface area contributed by atoms with Gasteiger partial charge in [-0.05, 0) is 42.8 Å². The van der Waals surface area contributed by atoms with Gasteiger partial charge in [-0.15, -0.1) is 0 Å². The molecule has 0 atom stereocenters. The number of carbonyl (C=O) groups is 1. The van der Waals surface area contributed by atoms with Gasteiger partial charge in [0.25, 0.3) is 0 Å². The molecule has 1 aliphatic rings. The van der Waals surface area contributed by atoms with Gasteiger partial charge in [0.1, 0.15) is 0 Å². The Kier molecular flexibility index (Phi) is 4.47. The Morgan fingerprint density at radius 3 is 2.50 bits per heavy atom. The number of rotatable bonds is 3. The number of anilines is 1. The second-order valence-electron chi connectivity index (χ2n) is 4.64. The molecule has 0 bridgehead atoms. The number of carboxylic acids is 1. The fourth-order valence-electron chi connectivity index (χ4n) is 2.26. The number of hydrogen-bond donors (Lipinski definition) is 1. The summed E-state index contributed by atoms with van der Waals surface area (Å²) >= 11 is -0.136. The van der Waals surface area contributed by atoms with E-state index >= 15 is 0 Å². The Bertz CT molecular complexity index is 485. The van der Waals surface area contributed by atoms with Crippen molar-refractivity contribution in [1.29, 1.82) is 0 Å². The van der Waals surface area contributed by atoms with Crippen LogP contribution in [0.25, 0.3) is 0 Å². The highest BCUT2D eigenvalue weighted by Gasteiger charge is 2.30. The van der Waals surface area contributed by atoms with Crippen LogP contribution in [-0.4, -0.2) is 29.7 Å². The summed E-state index contributed by atoms with van der Waals surface area (Å²) in [5.74, 6) is -1.15. The van der Waals surface area contributed by atoms with Crippen LogP contribution < -0.4 is 4.90 Å². The van der Waals surface area contributed by atoms with Crippen molar-refractivity contribution in [2.45, 2.75) is 23.2 Å².